The lowest BCUT2D eigenvalue weighted by molar-refractivity contribution is 0.0694. The minimum Gasteiger partial charge on any atom is -0.397 e. The molecule has 0 saturated carbocycles. The molecule has 0 atom stereocenters. The molecule has 5 nitrogen and oxygen atoms in total. The van der Waals surface area contributed by atoms with Crippen LogP contribution in [0.3, 0.4) is 0 Å². The van der Waals surface area contributed by atoms with E-state index in [-0.39, 0.29) is 12.5 Å². The molecule has 82 valence electrons. The first-order valence-corrected chi connectivity index (χ1v) is 4.60. The van der Waals surface area contributed by atoms with Crippen molar-refractivity contribution in [1.82, 2.24) is 10.3 Å². The Morgan fingerprint density at radius 3 is 2.87 bits per heavy atom. The van der Waals surface area contributed by atoms with Crippen LogP contribution < -0.4 is 11.1 Å². The summed E-state index contributed by atoms with van der Waals surface area (Å²) in [6.07, 6.45) is 2.91. The van der Waals surface area contributed by atoms with Gasteiger partial charge in [-0.2, -0.15) is 0 Å². The number of aromatic nitrogens is 1. The number of aliphatic hydroxyl groups is 1. The van der Waals surface area contributed by atoms with E-state index in [1.54, 1.807) is 13.8 Å². The Labute approximate surface area is 88.3 Å². The number of nitrogens with two attached hydrogens (primary N) is 1. The Morgan fingerprint density at radius 1 is 1.67 bits per heavy atom. The van der Waals surface area contributed by atoms with Crippen LogP contribution in [0.15, 0.2) is 18.5 Å². The topological polar surface area (TPSA) is 88.2 Å². The maximum absolute atomic E-state index is 11.6. The molecule has 0 fully saturated rings. The summed E-state index contributed by atoms with van der Waals surface area (Å²) in [4.78, 5) is 15.4. The summed E-state index contributed by atoms with van der Waals surface area (Å²) in [6.45, 7) is 3.40. The van der Waals surface area contributed by atoms with Gasteiger partial charge in [-0.15, -0.1) is 0 Å². The predicted octanol–water partition coefficient (Wildman–Crippen LogP) is 0.165. The lowest BCUT2D eigenvalue weighted by Gasteiger charge is -2.17. The van der Waals surface area contributed by atoms with Crippen molar-refractivity contribution in [3.05, 3.63) is 24.0 Å². The number of nitrogens with one attached hydrogen (secondary N) is 1. The zero-order valence-electron chi connectivity index (χ0n) is 8.82. The molecule has 0 unspecified atom stereocenters. The first-order chi connectivity index (χ1) is 6.90. The number of anilines is 1. The van der Waals surface area contributed by atoms with Crippen molar-refractivity contribution in [3.8, 4) is 0 Å². The first-order valence-electron chi connectivity index (χ1n) is 4.60. The standard InChI is InChI=1S/C10H15N3O2/c1-10(2,15)6-13-9(14)7-3-4-12-5-8(7)11/h3-5,15H,6,11H2,1-2H3,(H,13,14). The predicted molar refractivity (Wildman–Crippen MR) is 57.3 cm³/mol. The Bertz CT molecular complexity index is 358. The monoisotopic (exact) mass is 209 g/mol. The van der Waals surface area contributed by atoms with Gasteiger partial charge < -0.3 is 16.2 Å². The highest BCUT2D eigenvalue weighted by molar-refractivity contribution is 5.98. The lowest BCUT2D eigenvalue weighted by atomic mass is 10.1. The minimum atomic E-state index is -0.933. The molecule has 1 rings (SSSR count). The van der Waals surface area contributed by atoms with Gasteiger partial charge in [0, 0.05) is 12.7 Å². The Hall–Kier alpha value is -1.62. The molecular formula is C10H15N3O2. The van der Waals surface area contributed by atoms with Crippen LogP contribution in [0.2, 0.25) is 0 Å². The van der Waals surface area contributed by atoms with Gasteiger partial charge in [-0.1, -0.05) is 0 Å². The smallest absolute Gasteiger partial charge is 0.253 e. The number of rotatable bonds is 3. The van der Waals surface area contributed by atoms with E-state index in [4.69, 9.17) is 5.73 Å². The molecular weight excluding hydrogens is 194 g/mol. The highest BCUT2D eigenvalue weighted by atomic mass is 16.3. The molecule has 0 aromatic carbocycles. The fourth-order valence-corrected chi connectivity index (χ4v) is 1.01. The third-order valence-electron chi connectivity index (χ3n) is 1.78. The first kappa shape index (κ1) is 11.5. The van der Waals surface area contributed by atoms with Gasteiger partial charge >= 0.3 is 0 Å². The zero-order valence-corrected chi connectivity index (χ0v) is 8.82. The van der Waals surface area contributed by atoms with Gasteiger partial charge in [-0.05, 0) is 19.9 Å². The number of hydrogen-bond acceptors (Lipinski definition) is 4. The van der Waals surface area contributed by atoms with E-state index in [9.17, 15) is 9.90 Å². The highest BCUT2D eigenvalue weighted by Crippen LogP contribution is 2.08. The molecule has 0 aliphatic heterocycles. The molecule has 1 aromatic rings. The average Bonchev–Trinajstić information content (AvgIpc) is 2.14. The molecule has 0 aliphatic carbocycles. The maximum atomic E-state index is 11.6. The largest absolute Gasteiger partial charge is 0.397 e. The van der Waals surface area contributed by atoms with Crippen molar-refractivity contribution < 1.29 is 9.90 Å². The van der Waals surface area contributed by atoms with Gasteiger partial charge in [0.1, 0.15) is 0 Å². The van der Waals surface area contributed by atoms with Crippen molar-refractivity contribution in [2.45, 2.75) is 19.4 Å². The van der Waals surface area contributed by atoms with Crippen molar-refractivity contribution in [3.63, 3.8) is 0 Å². The molecule has 1 aromatic heterocycles. The number of pyridine rings is 1. The SMILES string of the molecule is CC(C)(O)CNC(=O)c1ccncc1N. The minimum absolute atomic E-state index is 0.174. The summed E-state index contributed by atoms with van der Waals surface area (Å²) in [5.74, 6) is -0.308. The van der Waals surface area contributed by atoms with E-state index < -0.39 is 5.60 Å². The van der Waals surface area contributed by atoms with Crippen molar-refractivity contribution in [2.24, 2.45) is 0 Å². The molecule has 1 heterocycles. The second-order valence-corrected chi connectivity index (χ2v) is 3.96. The zero-order chi connectivity index (χ0) is 11.5. The number of nitrogen functional groups attached to an aromatic ring is 1. The molecule has 0 aliphatic rings. The van der Waals surface area contributed by atoms with Crippen LogP contribution in [0.4, 0.5) is 5.69 Å². The third kappa shape index (κ3) is 3.55. The van der Waals surface area contributed by atoms with Crippen LogP contribution in [0.5, 0.6) is 0 Å². The van der Waals surface area contributed by atoms with E-state index >= 15 is 0 Å². The van der Waals surface area contributed by atoms with Crippen LogP contribution >= 0.6 is 0 Å². The lowest BCUT2D eigenvalue weighted by Crippen LogP contribution is -2.38. The average molecular weight is 209 g/mol. The third-order valence-corrected chi connectivity index (χ3v) is 1.78. The van der Waals surface area contributed by atoms with Gasteiger partial charge in [0.15, 0.2) is 0 Å². The second-order valence-electron chi connectivity index (χ2n) is 3.96. The summed E-state index contributed by atoms with van der Waals surface area (Å²) >= 11 is 0. The molecule has 0 saturated heterocycles. The second kappa shape index (κ2) is 4.27. The van der Waals surface area contributed by atoms with Crippen LogP contribution in [0, 0.1) is 0 Å². The van der Waals surface area contributed by atoms with E-state index in [0.29, 0.717) is 11.3 Å². The van der Waals surface area contributed by atoms with E-state index in [1.165, 1.54) is 18.5 Å². The van der Waals surface area contributed by atoms with E-state index in [1.807, 2.05) is 0 Å². The number of carbonyl (C=O) groups is 1. The molecule has 0 radical (unpaired) electrons. The number of carbonyl (C=O) groups excluding carboxylic acids is 1. The van der Waals surface area contributed by atoms with Crippen molar-refractivity contribution >= 4 is 11.6 Å². The Morgan fingerprint density at radius 2 is 2.33 bits per heavy atom. The summed E-state index contributed by atoms with van der Waals surface area (Å²) in [7, 11) is 0. The fraction of sp³-hybridized carbons (Fsp3) is 0.400. The van der Waals surface area contributed by atoms with Crippen LogP contribution in [0.1, 0.15) is 24.2 Å². The van der Waals surface area contributed by atoms with E-state index in [0.717, 1.165) is 0 Å². The number of nitrogens with zero attached hydrogens (tertiary/aromatic N) is 1. The number of amides is 1. The van der Waals surface area contributed by atoms with Crippen LogP contribution in [0.25, 0.3) is 0 Å². The normalized spacial score (nSPS) is 11.1. The summed E-state index contributed by atoms with van der Waals surface area (Å²) < 4.78 is 0. The van der Waals surface area contributed by atoms with Crippen LogP contribution in [-0.4, -0.2) is 28.1 Å². The van der Waals surface area contributed by atoms with Crippen molar-refractivity contribution in [2.75, 3.05) is 12.3 Å². The molecule has 5 heteroatoms. The summed E-state index contributed by atoms with van der Waals surface area (Å²) in [5.41, 5.74) is 5.34. The summed E-state index contributed by atoms with van der Waals surface area (Å²) in [6, 6.07) is 1.54. The quantitative estimate of drug-likeness (QED) is 0.662. The van der Waals surface area contributed by atoms with Gasteiger partial charge in [0.2, 0.25) is 0 Å². The molecule has 4 N–H and O–H groups in total. The maximum Gasteiger partial charge on any atom is 0.253 e. The Balaban J connectivity index is 2.66. The number of hydrogen-bond donors (Lipinski definition) is 3. The van der Waals surface area contributed by atoms with Gasteiger partial charge in [0.25, 0.3) is 5.91 Å². The van der Waals surface area contributed by atoms with E-state index in [2.05, 4.69) is 10.3 Å². The highest BCUT2D eigenvalue weighted by Gasteiger charge is 2.15. The fourth-order valence-electron chi connectivity index (χ4n) is 1.01. The molecule has 1 amide bonds. The van der Waals surface area contributed by atoms with Crippen molar-refractivity contribution in [1.29, 1.82) is 0 Å². The van der Waals surface area contributed by atoms with Crippen LogP contribution in [-0.2, 0) is 0 Å². The molecule has 0 spiro atoms. The van der Waals surface area contributed by atoms with Gasteiger partial charge in [-0.3, -0.25) is 9.78 Å². The summed E-state index contributed by atoms with van der Waals surface area (Å²) in [5, 5.41) is 12.0. The van der Waals surface area contributed by atoms with Gasteiger partial charge in [-0.25, -0.2) is 0 Å². The molecule has 0 bridgehead atoms. The Kier molecular flexibility index (Phi) is 3.26. The van der Waals surface area contributed by atoms with Gasteiger partial charge in [0.05, 0.1) is 23.0 Å². The molecule has 15 heavy (non-hydrogen) atoms.